The highest BCUT2D eigenvalue weighted by Gasteiger charge is 2.44. The van der Waals surface area contributed by atoms with Gasteiger partial charge in [0.25, 0.3) is 5.69 Å². The van der Waals surface area contributed by atoms with Crippen LogP contribution >= 0.6 is 11.6 Å². The van der Waals surface area contributed by atoms with Crippen molar-refractivity contribution in [2.24, 2.45) is 0 Å². The maximum Gasteiger partial charge on any atom is 0.269 e. The van der Waals surface area contributed by atoms with Crippen molar-refractivity contribution >= 4 is 33.1 Å². The maximum atomic E-state index is 13.9. The number of hydrogen-bond acceptors (Lipinski definition) is 5. The van der Waals surface area contributed by atoms with Gasteiger partial charge in [-0.05, 0) is 42.3 Å². The second kappa shape index (κ2) is 9.05. The lowest BCUT2D eigenvalue weighted by molar-refractivity contribution is -0.384. The monoisotopic (exact) mass is 484 g/mol. The lowest BCUT2D eigenvalue weighted by Crippen LogP contribution is -2.43. The number of nitrogens with zero attached hydrogens (tertiary/aromatic N) is 2. The number of Topliss-reactive ketones (excluding diaryl/α,β-unsaturated/α-hetero) is 1. The van der Waals surface area contributed by atoms with Crippen LogP contribution in [0.1, 0.15) is 41.6 Å². The molecule has 33 heavy (non-hydrogen) atoms. The molecule has 0 aromatic heterocycles. The van der Waals surface area contributed by atoms with Crippen molar-refractivity contribution in [3.05, 3.63) is 105 Å². The topological polar surface area (TPSA) is 97.6 Å². The predicted octanol–water partition coefficient (Wildman–Crippen LogP) is 5.39. The van der Waals surface area contributed by atoms with Crippen molar-refractivity contribution in [2.45, 2.75) is 36.7 Å². The number of carbonyl (C=O) groups excluding carboxylic acids is 1. The van der Waals surface area contributed by atoms with Gasteiger partial charge in [-0.2, -0.15) is 4.31 Å². The molecule has 0 spiro atoms. The van der Waals surface area contributed by atoms with Crippen LogP contribution in [0.4, 0.5) is 5.69 Å². The minimum atomic E-state index is -4.03. The summed E-state index contributed by atoms with van der Waals surface area (Å²) < 4.78 is 29.2. The van der Waals surface area contributed by atoms with Crippen LogP contribution in [0.5, 0.6) is 0 Å². The van der Waals surface area contributed by atoms with Gasteiger partial charge in [-0.1, -0.05) is 53.6 Å². The SMILES string of the molecule is Cc1ccc(S(=O)(=O)N2[C@@H](c3ccc([N+](=O)[O-])cc3)CC(=O)C[C@H]2c2cccc(Cl)c2)cc1. The van der Waals surface area contributed by atoms with E-state index in [2.05, 4.69) is 0 Å². The second-order valence-corrected chi connectivity index (χ2v) is 10.3. The van der Waals surface area contributed by atoms with Crippen molar-refractivity contribution < 1.29 is 18.1 Å². The maximum absolute atomic E-state index is 13.9. The number of non-ortho nitro benzene ring substituents is 1. The molecule has 1 saturated heterocycles. The normalized spacial score (nSPS) is 19.4. The first-order valence-electron chi connectivity index (χ1n) is 10.3. The van der Waals surface area contributed by atoms with Gasteiger partial charge in [0, 0.05) is 30.0 Å². The molecule has 1 aliphatic heterocycles. The van der Waals surface area contributed by atoms with Gasteiger partial charge in [-0.15, -0.1) is 0 Å². The van der Waals surface area contributed by atoms with Crippen LogP contribution in [0.3, 0.4) is 0 Å². The molecule has 1 heterocycles. The minimum absolute atomic E-state index is 0.00884. The molecule has 0 aliphatic carbocycles. The van der Waals surface area contributed by atoms with E-state index >= 15 is 0 Å². The summed E-state index contributed by atoms with van der Waals surface area (Å²) in [5.74, 6) is -0.0984. The number of nitro groups is 1. The average molecular weight is 485 g/mol. The highest BCUT2D eigenvalue weighted by Crippen LogP contribution is 2.44. The van der Waals surface area contributed by atoms with E-state index in [1.54, 1.807) is 48.5 Å². The van der Waals surface area contributed by atoms with Crippen LogP contribution in [0.25, 0.3) is 0 Å². The Morgan fingerprint density at radius 3 is 2.12 bits per heavy atom. The molecule has 4 rings (SSSR count). The van der Waals surface area contributed by atoms with Crippen LogP contribution in [0, 0.1) is 17.0 Å². The van der Waals surface area contributed by atoms with Crippen molar-refractivity contribution in [1.29, 1.82) is 0 Å². The summed E-state index contributed by atoms with van der Waals surface area (Å²) in [5.41, 5.74) is 1.93. The fraction of sp³-hybridized carbons (Fsp3) is 0.208. The van der Waals surface area contributed by atoms with Gasteiger partial charge >= 0.3 is 0 Å². The molecule has 0 radical (unpaired) electrons. The van der Waals surface area contributed by atoms with E-state index in [0.717, 1.165) is 5.56 Å². The number of carbonyl (C=O) groups is 1. The number of hydrogen-bond donors (Lipinski definition) is 0. The third kappa shape index (κ3) is 4.68. The highest BCUT2D eigenvalue weighted by atomic mass is 35.5. The van der Waals surface area contributed by atoms with Crippen LogP contribution in [-0.4, -0.2) is 23.4 Å². The van der Waals surface area contributed by atoms with E-state index in [1.165, 1.54) is 28.6 Å². The third-order valence-electron chi connectivity index (χ3n) is 5.77. The number of rotatable bonds is 5. The number of piperidine rings is 1. The molecule has 3 aromatic carbocycles. The van der Waals surface area contributed by atoms with Gasteiger partial charge in [0.15, 0.2) is 0 Å². The molecule has 2 atom stereocenters. The lowest BCUT2D eigenvalue weighted by atomic mass is 9.89. The summed E-state index contributed by atoms with van der Waals surface area (Å²) >= 11 is 6.18. The van der Waals surface area contributed by atoms with E-state index in [9.17, 15) is 23.3 Å². The Morgan fingerprint density at radius 1 is 0.939 bits per heavy atom. The highest BCUT2D eigenvalue weighted by molar-refractivity contribution is 7.89. The number of nitro benzene ring substituents is 1. The number of halogens is 1. The molecular formula is C24H21ClN2O5S. The third-order valence-corrected chi connectivity index (χ3v) is 7.94. The summed E-state index contributed by atoms with van der Waals surface area (Å²) in [6, 6.07) is 17.4. The fourth-order valence-electron chi connectivity index (χ4n) is 4.14. The van der Waals surface area contributed by atoms with Crippen LogP contribution < -0.4 is 0 Å². The predicted molar refractivity (Wildman–Crippen MR) is 124 cm³/mol. The first-order valence-corrected chi connectivity index (χ1v) is 12.1. The Kier molecular flexibility index (Phi) is 6.34. The van der Waals surface area contributed by atoms with Gasteiger partial charge in [0.2, 0.25) is 10.0 Å². The van der Waals surface area contributed by atoms with Gasteiger partial charge in [-0.3, -0.25) is 14.9 Å². The minimum Gasteiger partial charge on any atom is -0.300 e. The van der Waals surface area contributed by atoms with Crippen LogP contribution in [-0.2, 0) is 14.8 Å². The fourth-order valence-corrected chi connectivity index (χ4v) is 6.13. The van der Waals surface area contributed by atoms with E-state index in [0.29, 0.717) is 16.1 Å². The van der Waals surface area contributed by atoms with E-state index in [4.69, 9.17) is 11.6 Å². The zero-order valence-electron chi connectivity index (χ0n) is 17.7. The van der Waals surface area contributed by atoms with E-state index in [1.807, 2.05) is 6.92 Å². The van der Waals surface area contributed by atoms with Crippen molar-refractivity contribution in [1.82, 2.24) is 4.31 Å². The Hall–Kier alpha value is -3.07. The molecule has 0 unspecified atom stereocenters. The molecular weight excluding hydrogens is 464 g/mol. The molecule has 9 heteroatoms. The Balaban J connectivity index is 1.88. The Labute approximate surface area is 196 Å². The van der Waals surface area contributed by atoms with Crippen molar-refractivity contribution in [3.63, 3.8) is 0 Å². The van der Waals surface area contributed by atoms with Gasteiger partial charge in [0.1, 0.15) is 5.78 Å². The summed E-state index contributed by atoms with van der Waals surface area (Å²) in [7, 11) is -4.03. The van der Waals surface area contributed by atoms with Gasteiger partial charge < -0.3 is 0 Å². The summed E-state index contributed by atoms with van der Waals surface area (Å²) in [5, 5.41) is 11.5. The largest absolute Gasteiger partial charge is 0.300 e. The summed E-state index contributed by atoms with van der Waals surface area (Å²) in [6.45, 7) is 1.87. The number of ketones is 1. The van der Waals surface area contributed by atoms with Crippen LogP contribution in [0.2, 0.25) is 5.02 Å². The van der Waals surface area contributed by atoms with E-state index in [-0.39, 0.29) is 29.2 Å². The molecule has 1 aliphatic rings. The summed E-state index contributed by atoms with van der Waals surface area (Å²) in [4.78, 5) is 23.4. The molecule has 1 fully saturated rings. The second-order valence-electron chi connectivity index (χ2n) is 8.03. The Bertz CT molecular complexity index is 1310. The standard InChI is InChI=1S/C24H21ClN2O5S/c1-16-5-11-22(12-6-16)33(31,32)26-23(17-7-9-20(10-8-17)27(29)30)14-21(28)15-24(26)18-3-2-4-19(25)13-18/h2-13,23-24H,14-15H2,1H3/t23-,24+/m1/s1. The zero-order chi connectivity index (χ0) is 23.8. The molecule has 0 saturated carbocycles. The van der Waals surface area contributed by atoms with Gasteiger partial charge in [-0.25, -0.2) is 8.42 Å². The number of benzene rings is 3. The molecule has 0 amide bonds. The van der Waals surface area contributed by atoms with E-state index < -0.39 is 27.0 Å². The average Bonchev–Trinajstić information content (AvgIpc) is 2.78. The molecule has 3 aromatic rings. The number of sulfonamides is 1. The quantitative estimate of drug-likeness (QED) is 0.357. The molecule has 7 nitrogen and oxygen atoms in total. The molecule has 0 N–H and O–H groups in total. The van der Waals surface area contributed by atoms with Crippen molar-refractivity contribution in [3.8, 4) is 0 Å². The Morgan fingerprint density at radius 2 is 1.55 bits per heavy atom. The molecule has 170 valence electrons. The lowest BCUT2D eigenvalue weighted by Gasteiger charge is -2.41. The molecule has 0 bridgehead atoms. The smallest absolute Gasteiger partial charge is 0.269 e. The first kappa shape index (κ1) is 23.1. The number of aryl methyl sites for hydroxylation is 1. The van der Waals surface area contributed by atoms with Crippen LogP contribution in [0.15, 0.2) is 77.7 Å². The van der Waals surface area contributed by atoms with Crippen molar-refractivity contribution in [2.75, 3.05) is 0 Å². The first-order chi connectivity index (χ1) is 15.7. The zero-order valence-corrected chi connectivity index (χ0v) is 19.3. The summed E-state index contributed by atoms with van der Waals surface area (Å²) in [6.07, 6.45) is -0.0190. The van der Waals surface area contributed by atoms with Gasteiger partial charge in [0.05, 0.1) is 21.9 Å².